The normalized spacial score (nSPS) is 17.6. The van der Waals surface area contributed by atoms with Gasteiger partial charge in [-0.05, 0) is 19.3 Å². The van der Waals surface area contributed by atoms with Crippen LogP contribution in [0.5, 0.6) is 0 Å². The van der Waals surface area contributed by atoms with Crippen LogP contribution in [0.4, 0.5) is 4.39 Å². The number of halogens is 1. The van der Waals surface area contributed by atoms with E-state index in [1.54, 1.807) is 0 Å². The summed E-state index contributed by atoms with van der Waals surface area (Å²) in [7, 11) is 0. The van der Waals surface area contributed by atoms with Gasteiger partial charge in [0.05, 0.1) is 6.67 Å². The summed E-state index contributed by atoms with van der Waals surface area (Å²) in [6.45, 7) is 8.04. The van der Waals surface area contributed by atoms with Crippen molar-refractivity contribution < 1.29 is 4.39 Å². The van der Waals surface area contributed by atoms with Crippen LogP contribution in [0.1, 0.15) is 47.0 Å². The molecule has 0 aromatic carbocycles. The highest BCUT2D eigenvalue weighted by Crippen LogP contribution is 2.33. The molecule has 1 atom stereocenters. The molecule has 0 amide bonds. The van der Waals surface area contributed by atoms with Crippen molar-refractivity contribution in [2.45, 2.75) is 47.0 Å². The summed E-state index contributed by atoms with van der Waals surface area (Å²) < 4.78 is 12.8. The number of rotatable bonds is 5. The van der Waals surface area contributed by atoms with Crippen molar-refractivity contribution in [3.8, 4) is 0 Å². The molecule has 0 nitrogen and oxygen atoms in total. The molecule has 0 rings (SSSR count). The zero-order valence-corrected chi connectivity index (χ0v) is 8.78. The predicted molar refractivity (Wildman–Crippen MR) is 53.0 cm³/mol. The fourth-order valence-corrected chi connectivity index (χ4v) is 1.47. The molecule has 0 aromatic rings. The van der Waals surface area contributed by atoms with Crippen molar-refractivity contribution in [2.24, 2.45) is 5.41 Å². The largest absolute Gasteiger partial charge is 0.250 e. The van der Waals surface area contributed by atoms with Gasteiger partial charge >= 0.3 is 0 Å². The van der Waals surface area contributed by atoms with E-state index in [9.17, 15) is 4.39 Å². The Morgan fingerprint density at radius 3 is 2.17 bits per heavy atom. The predicted octanol–water partition coefficient (Wildman–Crippen LogP) is 4.12. The van der Waals surface area contributed by atoms with E-state index < -0.39 is 0 Å². The monoisotopic (exact) mass is 172 g/mol. The van der Waals surface area contributed by atoms with Crippen molar-refractivity contribution in [2.75, 3.05) is 6.67 Å². The van der Waals surface area contributed by atoms with Crippen molar-refractivity contribution in [1.29, 1.82) is 0 Å². The van der Waals surface area contributed by atoms with E-state index in [4.69, 9.17) is 0 Å². The molecule has 12 heavy (non-hydrogen) atoms. The minimum Gasteiger partial charge on any atom is -0.250 e. The Morgan fingerprint density at radius 2 is 1.92 bits per heavy atom. The third-order valence-electron chi connectivity index (χ3n) is 2.68. The summed E-state index contributed by atoms with van der Waals surface area (Å²) in [6.07, 6.45) is 5.05. The highest BCUT2D eigenvalue weighted by molar-refractivity contribution is 5.12. The summed E-state index contributed by atoms with van der Waals surface area (Å²) in [6, 6.07) is 0. The maximum Gasteiger partial charge on any atom is 0.0984 e. The molecule has 0 saturated carbocycles. The molecular weight excluding hydrogens is 151 g/mol. The molecule has 0 aliphatic carbocycles. The van der Waals surface area contributed by atoms with Gasteiger partial charge < -0.3 is 0 Å². The maximum atomic E-state index is 12.8. The molecule has 72 valence electrons. The van der Waals surface area contributed by atoms with Gasteiger partial charge in [0.2, 0.25) is 0 Å². The highest BCUT2D eigenvalue weighted by atomic mass is 19.1. The van der Waals surface area contributed by atoms with Gasteiger partial charge in [-0.25, -0.2) is 0 Å². The van der Waals surface area contributed by atoms with Crippen LogP contribution in [0, 0.1) is 5.41 Å². The maximum absolute atomic E-state index is 12.8. The second kappa shape index (κ2) is 5.34. The Balaban J connectivity index is 4.55. The minimum atomic E-state index is -0.233. The van der Waals surface area contributed by atoms with Crippen LogP contribution in [0.2, 0.25) is 0 Å². The summed E-state index contributed by atoms with van der Waals surface area (Å²) in [5, 5.41) is 0. The van der Waals surface area contributed by atoms with E-state index in [1.165, 1.54) is 5.57 Å². The SMILES string of the molecule is CC/C=C(\CC)C(C)(CC)CF. The van der Waals surface area contributed by atoms with Crippen LogP contribution in [0.15, 0.2) is 11.6 Å². The Kier molecular flexibility index (Phi) is 5.19. The van der Waals surface area contributed by atoms with Crippen LogP contribution >= 0.6 is 0 Å². The molecule has 0 heterocycles. The summed E-state index contributed by atoms with van der Waals surface area (Å²) >= 11 is 0. The number of alkyl halides is 1. The summed E-state index contributed by atoms with van der Waals surface area (Å²) in [5.74, 6) is 0. The quantitative estimate of drug-likeness (QED) is 0.547. The third-order valence-corrected chi connectivity index (χ3v) is 2.68. The Labute approximate surface area is 75.9 Å². The molecule has 1 heteroatoms. The standard InChI is InChI=1S/C11H21F/c1-5-8-10(6-2)11(4,7-3)9-12/h8H,5-7,9H2,1-4H3/b10-8+. The van der Waals surface area contributed by atoms with Crippen LogP contribution in [0.3, 0.4) is 0 Å². The minimum absolute atomic E-state index is 0.204. The van der Waals surface area contributed by atoms with Gasteiger partial charge in [-0.2, -0.15) is 0 Å². The van der Waals surface area contributed by atoms with Gasteiger partial charge in [0, 0.05) is 5.41 Å². The molecule has 0 aliphatic heterocycles. The topological polar surface area (TPSA) is 0 Å². The first kappa shape index (κ1) is 11.7. The van der Waals surface area contributed by atoms with E-state index in [1.807, 2.05) is 6.92 Å². The third kappa shape index (κ3) is 2.62. The second-order valence-electron chi connectivity index (χ2n) is 3.54. The van der Waals surface area contributed by atoms with Gasteiger partial charge in [-0.3, -0.25) is 4.39 Å². The Morgan fingerprint density at radius 1 is 1.33 bits per heavy atom. The summed E-state index contributed by atoms with van der Waals surface area (Å²) in [4.78, 5) is 0. The molecular formula is C11H21F. The second-order valence-corrected chi connectivity index (χ2v) is 3.54. The molecule has 0 fully saturated rings. The van der Waals surface area contributed by atoms with E-state index in [2.05, 4.69) is 26.8 Å². The molecule has 1 unspecified atom stereocenters. The lowest BCUT2D eigenvalue weighted by Crippen LogP contribution is -2.20. The fourth-order valence-electron chi connectivity index (χ4n) is 1.47. The summed E-state index contributed by atoms with van der Waals surface area (Å²) in [5.41, 5.74) is 1.07. The zero-order chi connectivity index (χ0) is 9.61. The molecule has 0 bridgehead atoms. The zero-order valence-electron chi connectivity index (χ0n) is 8.78. The smallest absolute Gasteiger partial charge is 0.0984 e. The lowest BCUT2D eigenvalue weighted by molar-refractivity contribution is 0.265. The van der Waals surface area contributed by atoms with Crippen LogP contribution in [0.25, 0.3) is 0 Å². The van der Waals surface area contributed by atoms with Crippen LogP contribution in [-0.2, 0) is 0 Å². The van der Waals surface area contributed by atoms with Crippen LogP contribution in [-0.4, -0.2) is 6.67 Å². The van der Waals surface area contributed by atoms with E-state index >= 15 is 0 Å². The Hall–Kier alpha value is -0.330. The van der Waals surface area contributed by atoms with Crippen molar-refractivity contribution >= 4 is 0 Å². The Bertz CT molecular complexity index is 143. The number of allylic oxidation sites excluding steroid dienone is 2. The molecule has 0 aromatic heterocycles. The number of hydrogen-bond acceptors (Lipinski definition) is 0. The lowest BCUT2D eigenvalue weighted by atomic mass is 9.79. The van der Waals surface area contributed by atoms with Gasteiger partial charge in [0.15, 0.2) is 0 Å². The van der Waals surface area contributed by atoms with Gasteiger partial charge in [0.25, 0.3) is 0 Å². The van der Waals surface area contributed by atoms with Gasteiger partial charge in [-0.1, -0.05) is 39.3 Å². The molecule has 0 N–H and O–H groups in total. The van der Waals surface area contributed by atoms with E-state index in [0.717, 1.165) is 19.3 Å². The average molecular weight is 172 g/mol. The van der Waals surface area contributed by atoms with Gasteiger partial charge in [-0.15, -0.1) is 0 Å². The first-order valence-corrected chi connectivity index (χ1v) is 4.90. The average Bonchev–Trinajstić information content (AvgIpc) is 2.13. The van der Waals surface area contributed by atoms with E-state index in [0.29, 0.717) is 0 Å². The van der Waals surface area contributed by atoms with Crippen LogP contribution < -0.4 is 0 Å². The fraction of sp³-hybridized carbons (Fsp3) is 0.818. The first-order valence-electron chi connectivity index (χ1n) is 4.90. The first-order chi connectivity index (χ1) is 5.64. The van der Waals surface area contributed by atoms with Gasteiger partial charge in [0.1, 0.15) is 0 Å². The van der Waals surface area contributed by atoms with E-state index in [-0.39, 0.29) is 12.1 Å². The van der Waals surface area contributed by atoms with Crippen molar-refractivity contribution in [3.63, 3.8) is 0 Å². The van der Waals surface area contributed by atoms with Crippen molar-refractivity contribution in [3.05, 3.63) is 11.6 Å². The number of hydrogen-bond donors (Lipinski definition) is 0. The molecule has 0 saturated heterocycles. The molecule has 0 radical (unpaired) electrons. The molecule has 0 spiro atoms. The molecule has 0 aliphatic rings. The van der Waals surface area contributed by atoms with Crippen molar-refractivity contribution in [1.82, 2.24) is 0 Å². The highest BCUT2D eigenvalue weighted by Gasteiger charge is 2.25. The lowest BCUT2D eigenvalue weighted by Gasteiger charge is -2.27.